The Morgan fingerprint density at radius 2 is 2.44 bits per heavy atom. The molecule has 1 aliphatic rings. The Bertz CT molecular complexity index is 111. The monoisotopic (exact) mass is 131 g/mol. The third kappa shape index (κ3) is 1.99. The Kier molecular flexibility index (Phi) is 2.02. The van der Waals surface area contributed by atoms with Gasteiger partial charge in [0.05, 0.1) is 6.10 Å². The molecule has 0 atom stereocenters. The summed E-state index contributed by atoms with van der Waals surface area (Å²) in [7, 11) is 0. The minimum atomic E-state index is -0.901. The number of hydrogen-bond acceptors (Lipinski definition) is 3. The molecule has 0 amide bonds. The highest BCUT2D eigenvalue weighted by atomic mass is 16.5. The van der Waals surface area contributed by atoms with Gasteiger partial charge in [-0.05, 0) is 0 Å². The van der Waals surface area contributed by atoms with Crippen molar-refractivity contribution < 1.29 is 14.6 Å². The number of aliphatic carboxylic acids is 1. The average molecular weight is 131 g/mol. The van der Waals surface area contributed by atoms with Gasteiger partial charge in [0.25, 0.3) is 0 Å². The van der Waals surface area contributed by atoms with Crippen molar-refractivity contribution in [1.82, 2.24) is 5.32 Å². The zero-order chi connectivity index (χ0) is 6.69. The van der Waals surface area contributed by atoms with Crippen LogP contribution in [0.25, 0.3) is 0 Å². The van der Waals surface area contributed by atoms with Crippen LogP contribution < -0.4 is 5.32 Å². The second-order valence-corrected chi connectivity index (χ2v) is 1.98. The van der Waals surface area contributed by atoms with E-state index in [9.17, 15) is 4.79 Å². The molecule has 0 aliphatic carbocycles. The van der Waals surface area contributed by atoms with Crippen LogP contribution in [0.1, 0.15) is 0 Å². The Morgan fingerprint density at radius 1 is 1.78 bits per heavy atom. The van der Waals surface area contributed by atoms with Gasteiger partial charge in [0, 0.05) is 13.1 Å². The maximum atomic E-state index is 9.90. The summed E-state index contributed by atoms with van der Waals surface area (Å²) in [5.41, 5.74) is 0. The SMILES string of the molecule is O=C(O)COC1CNC1. The van der Waals surface area contributed by atoms with Crippen molar-refractivity contribution in [2.24, 2.45) is 0 Å². The third-order valence-electron chi connectivity index (χ3n) is 1.19. The molecule has 4 heteroatoms. The highest BCUT2D eigenvalue weighted by Crippen LogP contribution is 1.96. The number of rotatable bonds is 3. The van der Waals surface area contributed by atoms with Crippen LogP contribution >= 0.6 is 0 Å². The van der Waals surface area contributed by atoms with Crippen molar-refractivity contribution >= 4 is 5.97 Å². The van der Waals surface area contributed by atoms with Gasteiger partial charge >= 0.3 is 5.97 Å². The van der Waals surface area contributed by atoms with Gasteiger partial charge in [0.15, 0.2) is 0 Å². The molecule has 1 rings (SSSR count). The molecule has 0 aromatic rings. The zero-order valence-corrected chi connectivity index (χ0v) is 4.96. The fourth-order valence-electron chi connectivity index (χ4n) is 0.569. The van der Waals surface area contributed by atoms with Crippen LogP contribution in [0.5, 0.6) is 0 Å². The molecule has 0 saturated carbocycles. The van der Waals surface area contributed by atoms with E-state index in [1.54, 1.807) is 0 Å². The summed E-state index contributed by atoms with van der Waals surface area (Å²) in [6, 6.07) is 0. The smallest absolute Gasteiger partial charge is 0.329 e. The molecule has 0 aromatic heterocycles. The van der Waals surface area contributed by atoms with E-state index in [0.717, 1.165) is 13.1 Å². The first-order valence-corrected chi connectivity index (χ1v) is 2.83. The lowest BCUT2D eigenvalue weighted by Crippen LogP contribution is -2.49. The maximum Gasteiger partial charge on any atom is 0.329 e. The fourth-order valence-corrected chi connectivity index (χ4v) is 0.569. The lowest BCUT2D eigenvalue weighted by atomic mass is 10.2. The first-order chi connectivity index (χ1) is 4.29. The fraction of sp³-hybridized carbons (Fsp3) is 0.800. The van der Waals surface area contributed by atoms with Gasteiger partial charge in [-0.15, -0.1) is 0 Å². The average Bonchev–Trinajstić information content (AvgIpc) is 1.60. The third-order valence-corrected chi connectivity index (χ3v) is 1.19. The number of hydrogen-bond donors (Lipinski definition) is 2. The van der Waals surface area contributed by atoms with Crippen LogP contribution in [0.15, 0.2) is 0 Å². The summed E-state index contributed by atoms with van der Waals surface area (Å²) in [5, 5.41) is 11.1. The number of carboxylic acid groups (broad SMARTS) is 1. The van der Waals surface area contributed by atoms with Crippen molar-refractivity contribution in [1.29, 1.82) is 0 Å². The standard InChI is InChI=1S/C5H9NO3/c7-5(8)3-9-4-1-6-2-4/h4,6H,1-3H2,(H,7,8). The Labute approximate surface area is 52.8 Å². The van der Waals surface area contributed by atoms with Crippen LogP contribution in [0, 0.1) is 0 Å². The van der Waals surface area contributed by atoms with Crippen molar-refractivity contribution in [2.75, 3.05) is 19.7 Å². The highest BCUT2D eigenvalue weighted by molar-refractivity contribution is 5.68. The van der Waals surface area contributed by atoms with Crippen LogP contribution in [0.4, 0.5) is 0 Å². The summed E-state index contributed by atoms with van der Waals surface area (Å²) < 4.78 is 4.88. The van der Waals surface area contributed by atoms with E-state index in [4.69, 9.17) is 9.84 Å². The van der Waals surface area contributed by atoms with Crippen molar-refractivity contribution in [2.45, 2.75) is 6.10 Å². The Morgan fingerprint density at radius 3 is 2.78 bits per heavy atom. The first-order valence-electron chi connectivity index (χ1n) is 2.83. The molecule has 52 valence electrons. The molecule has 1 aliphatic heterocycles. The Hall–Kier alpha value is -0.610. The summed E-state index contributed by atoms with van der Waals surface area (Å²) >= 11 is 0. The predicted molar refractivity (Wildman–Crippen MR) is 30.2 cm³/mol. The number of carboxylic acids is 1. The van der Waals surface area contributed by atoms with Gasteiger partial charge in [-0.3, -0.25) is 0 Å². The van der Waals surface area contributed by atoms with Crippen LogP contribution in [-0.4, -0.2) is 36.9 Å². The van der Waals surface area contributed by atoms with Gasteiger partial charge in [-0.1, -0.05) is 0 Å². The van der Waals surface area contributed by atoms with Gasteiger partial charge in [-0.2, -0.15) is 0 Å². The molecule has 0 radical (unpaired) electrons. The second-order valence-electron chi connectivity index (χ2n) is 1.98. The summed E-state index contributed by atoms with van der Waals surface area (Å²) in [6.45, 7) is 1.40. The molecule has 0 aromatic carbocycles. The van der Waals surface area contributed by atoms with E-state index >= 15 is 0 Å². The minimum absolute atomic E-state index is 0.126. The van der Waals surface area contributed by atoms with E-state index in [1.807, 2.05) is 0 Å². The van der Waals surface area contributed by atoms with Crippen LogP contribution in [0.2, 0.25) is 0 Å². The van der Waals surface area contributed by atoms with E-state index < -0.39 is 5.97 Å². The van der Waals surface area contributed by atoms with Gasteiger partial charge in [0.1, 0.15) is 6.61 Å². The summed E-state index contributed by atoms with van der Waals surface area (Å²) in [6.07, 6.45) is 0.126. The topological polar surface area (TPSA) is 58.6 Å². The molecule has 0 bridgehead atoms. The lowest BCUT2D eigenvalue weighted by Gasteiger charge is -2.26. The molecular formula is C5H9NO3. The number of nitrogens with one attached hydrogen (secondary N) is 1. The van der Waals surface area contributed by atoms with Gasteiger partial charge < -0.3 is 15.2 Å². The number of carbonyl (C=O) groups is 1. The van der Waals surface area contributed by atoms with Gasteiger partial charge in [-0.25, -0.2) is 4.79 Å². The van der Waals surface area contributed by atoms with Gasteiger partial charge in [0.2, 0.25) is 0 Å². The normalized spacial score (nSPS) is 19.1. The molecule has 2 N–H and O–H groups in total. The maximum absolute atomic E-state index is 9.90. The first kappa shape index (κ1) is 6.51. The summed E-state index contributed by atoms with van der Waals surface area (Å²) in [5.74, 6) is -0.901. The predicted octanol–water partition coefficient (Wildman–Crippen LogP) is -0.941. The molecule has 4 nitrogen and oxygen atoms in total. The molecular weight excluding hydrogens is 122 g/mol. The van der Waals surface area contributed by atoms with Crippen LogP contribution in [0.3, 0.4) is 0 Å². The van der Waals surface area contributed by atoms with E-state index in [-0.39, 0.29) is 12.7 Å². The minimum Gasteiger partial charge on any atom is -0.480 e. The summed E-state index contributed by atoms with van der Waals surface area (Å²) in [4.78, 5) is 9.90. The van der Waals surface area contributed by atoms with Crippen molar-refractivity contribution in [3.63, 3.8) is 0 Å². The Balaban J connectivity index is 1.97. The van der Waals surface area contributed by atoms with E-state index in [0.29, 0.717) is 0 Å². The second kappa shape index (κ2) is 2.80. The van der Waals surface area contributed by atoms with E-state index in [2.05, 4.69) is 5.32 Å². The molecule has 9 heavy (non-hydrogen) atoms. The largest absolute Gasteiger partial charge is 0.480 e. The molecule has 1 fully saturated rings. The molecule has 0 spiro atoms. The molecule has 1 saturated heterocycles. The molecule has 0 unspecified atom stereocenters. The van der Waals surface area contributed by atoms with Crippen molar-refractivity contribution in [3.05, 3.63) is 0 Å². The lowest BCUT2D eigenvalue weighted by molar-refractivity contribution is -0.145. The number of ether oxygens (including phenoxy) is 1. The molecule has 1 heterocycles. The zero-order valence-electron chi connectivity index (χ0n) is 4.96. The van der Waals surface area contributed by atoms with Crippen LogP contribution in [-0.2, 0) is 9.53 Å². The highest BCUT2D eigenvalue weighted by Gasteiger charge is 2.17. The quantitative estimate of drug-likeness (QED) is 0.519. The van der Waals surface area contributed by atoms with E-state index in [1.165, 1.54) is 0 Å². The van der Waals surface area contributed by atoms with Crippen molar-refractivity contribution in [3.8, 4) is 0 Å².